The highest BCUT2D eigenvalue weighted by Gasteiger charge is 2.37. The summed E-state index contributed by atoms with van der Waals surface area (Å²) in [5, 5.41) is 8.62. The lowest BCUT2D eigenvalue weighted by Crippen LogP contribution is -2.36. The van der Waals surface area contributed by atoms with Gasteiger partial charge >= 0.3 is 6.09 Å². The summed E-state index contributed by atoms with van der Waals surface area (Å²) in [4.78, 5) is 13.3. The smallest absolute Gasteiger partial charge is 0.410 e. The number of nitrogens with zero attached hydrogens (tertiary/aromatic N) is 2. The van der Waals surface area contributed by atoms with Crippen molar-refractivity contribution in [3.05, 3.63) is 12.7 Å². The number of hydrogen-bond acceptors (Lipinski definition) is 6. The first kappa shape index (κ1) is 16.5. The van der Waals surface area contributed by atoms with Gasteiger partial charge < -0.3 is 9.64 Å². The van der Waals surface area contributed by atoms with Gasteiger partial charge in [-0.15, -0.1) is 0 Å². The SMILES string of the molecule is C=CCOC(=O)N1C[C@H](OS(C)(=O)=O)C[C@H]1CCC#N. The van der Waals surface area contributed by atoms with E-state index in [1.165, 1.54) is 11.0 Å². The largest absolute Gasteiger partial charge is 0.445 e. The molecule has 1 aliphatic rings. The summed E-state index contributed by atoms with van der Waals surface area (Å²) in [6, 6.07) is 1.76. The quantitative estimate of drug-likeness (QED) is 0.537. The molecule has 0 aliphatic carbocycles. The van der Waals surface area contributed by atoms with Gasteiger partial charge in [-0.3, -0.25) is 4.18 Å². The van der Waals surface area contributed by atoms with Crippen LogP contribution in [0.3, 0.4) is 0 Å². The number of carbonyl (C=O) groups is 1. The van der Waals surface area contributed by atoms with Crippen molar-refractivity contribution in [3.8, 4) is 6.07 Å². The maximum atomic E-state index is 11.9. The highest BCUT2D eigenvalue weighted by Crippen LogP contribution is 2.25. The van der Waals surface area contributed by atoms with Gasteiger partial charge in [0.25, 0.3) is 10.1 Å². The van der Waals surface area contributed by atoms with Crippen molar-refractivity contribution in [1.82, 2.24) is 4.90 Å². The number of likely N-dealkylation sites (tertiary alicyclic amines) is 1. The van der Waals surface area contributed by atoms with Gasteiger partial charge in [0.05, 0.1) is 25.0 Å². The van der Waals surface area contributed by atoms with E-state index >= 15 is 0 Å². The van der Waals surface area contributed by atoms with E-state index in [-0.39, 0.29) is 25.6 Å². The molecule has 1 aliphatic heterocycles. The topological polar surface area (TPSA) is 96.7 Å². The molecular weight excluding hydrogens is 284 g/mol. The minimum Gasteiger partial charge on any atom is -0.445 e. The third-order valence-electron chi connectivity index (χ3n) is 2.84. The second kappa shape index (κ2) is 7.26. The first-order valence-corrected chi connectivity index (χ1v) is 7.98. The molecular formula is C12H18N2O5S. The lowest BCUT2D eigenvalue weighted by Gasteiger charge is -2.22. The predicted molar refractivity (Wildman–Crippen MR) is 71.2 cm³/mol. The Bertz CT molecular complexity index is 496. The molecule has 112 valence electrons. The third kappa shape index (κ3) is 5.19. The number of rotatable bonds is 6. The summed E-state index contributed by atoms with van der Waals surface area (Å²) in [5.41, 5.74) is 0. The molecule has 0 N–H and O–H groups in total. The summed E-state index contributed by atoms with van der Waals surface area (Å²) in [7, 11) is -3.58. The normalized spacial score (nSPS) is 22.3. The van der Waals surface area contributed by atoms with Crippen LogP contribution in [0.25, 0.3) is 0 Å². The minimum atomic E-state index is -3.58. The molecule has 0 aromatic heterocycles. The van der Waals surface area contributed by atoms with Crippen molar-refractivity contribution in [2.75, 3.05) is 19.4 Å². The van der Waals surface area contributed by atoms with E-state index in [9.17, 15) is 13.2 Å². The second-order valence-corrected chi connectivity index (χ2v) is 6.13. The Balaban J connectivity index is 2.70. The lowest BCUT2D eigenvalue weighted by atomic mass is 10.1. The monoisotopic (exact) mass is 302 g/mol. The molecule has 0 unspecified atom stereocenters. The average molecular weight is 302 g/mol. The van der Waals surface area contributed by atoms with Gasteiger partial charge in [-0.1, -0.05) is 12.7 Å². The van der Waals surface area contributed by atoms with Crippen molar-refractivity contribution >= 4 is 16.2 Å². The Hall–Kier alpha value is -1.59. The Kier molecular flexibility index (Phi) is 5.98. The Morgan fingerprint density at radius 1 is 1.60 bits per heavy atom. The van der Waals surface area contributed by atoms with Crippen LogP contribution in [0.1, 0.15) is 19.3 Å². The van der Waals surface area contributed by atoms with Crippen LogP contribution in [0.15, 0.2) is 12.7 Å². The van der Waals surface area contributed by atoms with Crippen LogP contribution in [0.4, 0.5) is 4.79 Å². The van der Waals surface area contributed by atoms with Crippen LogP contribution >= 0.6 is 0 Å². The fourth-order valence-electron chi connectivity index (χ4n) is 2.13. The van der Waals surface area contributed by atoms with Crippen molar-refractivity contribution in [1.29, 1.82) is 5.26 Å². The first-order chi connectivity index (χ1) is 9.37. The fraction of sp³-hybridized carbons (Fsp3) is 0.667. The van der Waals surface area contributed by atoms with Crippen LogP contribution < -0.4 is 0 Å². The molecule has 1 rings (SSSR count). The van der Waals surface area contributed by atoms with Crippen LogP contribution in [-0.2, 0) is 19.0 Å². The Labute approximate surface area is 118 Å². The molecule has 0 aromatic rings. The highest BCUT2D eigenvalue weighted by molar-refractivity contribution is 7.86. The van der Waals surface area contributed by atoms with Crippen molar-refractivity contribution in [2.24, 2.45) is 0 Å². The van der Waals surface area contributed by atoms with Crippen LogP contribution in [0.5, 0.6) is 0 Å². The number of nitriles is 1. The Morgan fingerprint density at radius 3 is 2.85 bits per heavy atom. The molecule has 0 bridgehead atoms. The maximum absolute atomic E-state index is 11.9. The lowest BCUT2D eigenvalue weighted by molar-refractivity contribution is 0.103. The van der Waals surface area contributed by atoms with Crippen LogP contribution in [-0.4, -0.2) is 51.0 Å². The number of ether oxygens (including phenoxy) is 1. The van der Waals surface area contributed by atoms with Gasteiger partial charge in [0.2, 0.25) is 0 Å². The molecule has 7 nitrogen and oxygen atoms in total. The Morgan fingerprint density at radius 2 is 2.30 bits per heavy atom. The van der Waals surface area contributed by atoms with Crippen molar-refractivity contribution in [2.45, 2.75) is 31.4 Å². The zero-order chi connectivity index (χ0) is 15.2. The van der Waals surface area contributed by atoms with Gasteiger partial charge in [0.15, 0.2) is 0 Å². The summed E-state index contributed by atoms with van der Waals surface area (Å²) in [6.07, 6.45) is 2.39. The van der Waals surface area contributed by atoms with E-state index in [0.29, 0.717) is 12.8 Å². The van der Waals surface area contributed by atoms with Gasteiger partial charge in [0.1, 0.15) is 6.61 Å². The summed E-state index contributed by atoms with van der Waals surface area (Å²) in [6.45, 7) is 3.67. The molecule has 1 saturated heterocycles. The molecule has 0 saturated carbocycles. The molecule has 0 aromatic carbocycles. The van der Waals surface area contributed by atoms with E-state index in [4.69, 9.17) is 14.2 Å². The maximum Gasteiger partial charge on any atom is 0.410 e. The summed E-state index contributed by atoms with van der Waals surface area (Å²) in [5.74, 6) is 0. The molecule has 0 radical (unpaired) electrons. The van der Waals surface area contributed by atoms with Gasteiger partial charge in [-0.25, -0.2) is 4.79 Å². The standard InChI is InChI=1S/C12H18N2O5S/c1-3-7-18-12(15)14-9-11(19-20(2,16)17)8-10(14)5-4-6-13/h3,10-11H,1,4-5,7-9H2,2H3/t10-,11-/m1/s1. The molecule has 8 heteroatoms. The summed E-state index contributed by atoms with van der Waals surface area (Å²) < 4.78 is 32.1. The zero-order valence-corrected chi connectivity index (χ0v) is 12.1. The zero-order valence-electron chi connectivity index (χ0n) is 11.3. The van der Waals surface area contributed by atoms with E-state index < -0.39 is 22.3 Å². The van der Waals surface area contributed by atoms with Crippen molar-refractivity contribution < 1.29 is 22.1 Å². The van der Waals surface area contributed by atoms with Gasteiger partial charge in [-0.05, 0) is 12.8 Å². The average Bonchev–Trinajstić information content (AvgIpc) is 2.74. The molecule has 1 amide bonds. The number of hydrogen-bond donors (Lipinski definition) is 0. The van der Waals surface area contributed by atoms with E-state index in [1.807, 2.05) is 6.07 Å². The molecule has 20 heavy (non-hydrogen) atoms. The second-order valence-electron chi connectivity index (χ2n) is 4.53. The highest BCUT2D eigenvalue weighted by atomic mass is 32.2. The van der Waals surface area contributed by atoms with E-state index in [2.05, 4.69) is 6.58 Å². The number of carbonyl (C=O) groups excluding carboxylic acids is 1. The molecule has 1 fully saturated rings. The number of amides is 1. The van der Waals surface area contributed by atoms with Crippen LogP contribution in [0, 0.1) is 11.3 Å². The van der Waals surface area contributed by atoms with Gasteiger partial charge in [-0.2, -0.15) is 13.7 Å². The van der Waals surface area contributed by atoms with E-state index in [0.717, 1.165) is 6.26 Å². The van der Waals surface area contributed by atoms with Crippen LogP contribution in [0.2, 0.25) is 0 Å². The van der Waals surface area contributed by atoms with Gasteiger partial charge in [0, 0.05) is 12.5 Å². The fourth-order valence-corrected chi connectivity index (χ4v) is 2.77. The molecule has 2 atom stereocenters. The third-order valence-corrected chi connectivity index (χ3v) is 3.46. The van der Waals surface area contributed by atoms with Crippen molar-refractivity contribution in [3.63, 3.8) is 0 Å². The predicted octanol–water partition coefficient (Wildman–Crippen LogP) is 1.03. The first-order valence-electron chi connectivity index (χ1n) is 6.17. The molecule has 1 heterocycles. The molecule has 0 spiro atoms. The summed E-state index contributed by atoms with van der Waals surface area (Å²) >= 11 is 0. The van der Waals surface area contributed by atoms with E-state index in [1.54, 1.807) is 0 Å². The minimum absolute atomic E-state index is 0.0813.